The van der Waals surface area contributed by atoms with Crippen molar-refractivity contribution in [2.24, 2.45) is 0 Å². The first-order valence-electron chi connectivity index (χ1n) is 7.91. The van der Waals surface area contributed by atoms with Crippen molar-refractivity contribution in [3.05, 3.63) is 15.6 Å². The summed E-state index contributed by atoms with van der Waals surface area (Å²) < 4.78 is 0. The van der Waals surface area contributed by atoms with Crippen LogP contribution < -0.4 is 5.32 Å². The molecule has 1 aliphatic heterocycles. The Morgan fingerprint density at radius 1 is 1.30 bits per heavy atom. The van der Waals surface area contributed by atoms with Crippen molar-refractivity contribution in [2.75, 3.05) is 19.6 Å². The van der Waals surface area contributed by atoms with Crippen LogP contribution in [-0.4, -0.2) is 35.6 Å². The third-order valence-electron chi connectivity index (χ3n) is 4.38. The fourth-order valence-electron chi connectivity index (χ4n) is 3.16. The Hall–Kier alpha value is -0.450. The van der Waals surface area contributed by atoms with Crippen LogP contribution in [0.5, 0.6) is 0 Å². The first-order valence-corrected chi connectivity index (χ1v) is 8.73. The minimum absolute atomic E-state index is 0.0851. The molecule has 1 fully saturated rings. The molecule has 1 saturated heterocycles. The standard InChI is InChI=1S/C16H29N3S/c1-6-19-10-7-8-16(9-11-19,18-12(2)3)15-17-13(4)14(5)20-15/h12,18H,6-11H2,1-5H3. The first kappa shape index (κ1) is 15.9. The number of rotatable bonds is 4. The summed E-state index contributed by atoms with van der Waals surface area (Å²) in [6.07, 6.45) is 3.63. The average Bonchev–Trinajstić information content (AvgIpc) is 2.62. The second-order valence-electron chi connectivity index (χ2n) is 6.33. The molecule has 1 aliphatic rings. The highest BCUT2D eigenvalue weighted by Gasteiger charge is 2.37. The summed E-state index contributed by atoms with van der Waals surface area (Å²) in [6, 6.07) is 0.493. The number of hydrogen-bond acceptors (Lipinski definition) is 4. The molecule has 1 aromatic heterocycles. The van der Waals surface area contributed by atoms with Crippen LogP contribution >= 0.6 is 11.3 Å². The second kappa shape index (κ2) is 6.54. The molecule has 2 rings (SSSR count). The first-order chi connectivity index (χ1) is 9.47. The van der Waals surface area contributed by atoms with Gasteiger partial charge in [0.15, 0.2) is 0 Å². The lowest BCUT2D eigenvalue weighted by atomic mass is 9.90. The molecule has 0 amide bonds. The summed E-state index contributed by atoms with van der Waals surface area (Å²) in [6.45, 7) is 14.6. The van der Waals surface area contributed by atoms with E-state index in [0.717, 1.165) is 6.54 Å². The van der Waals surface area contributed by atoms with Gasteiger partial charge < -0.3 is 10.2 Å². The summed E-state index contributed by atoms with van der Waals surface area (Å²) in [5.74, 6) is 0. The number of hydrogen-bond donors (Lipinski definition) is 1. The molecule has 2 heterocycles. The molecule has 4 heteroatoms. The number of aromatic nitrogens is 1. The molecule has 0 bridgehead atoms. The van der Waals surface area contributed by atoms with Gasteiger partial charge in [0.05, 0.1) is 11.2 Å². The van der Waals surface area contributed by atoms with Crippen LogP contribution in [0.25, 0.3) is 0 Å². The van der Waals surface area contributed by atoms with Crippen LogP contribution in [0.1, 0.15) is 55.6 Å². The maximum Gasteiger partial charge on any atom is 0.113 e. The van der Waals surface area contributed by atoms with E-state index in [-0.39, 0.29) is 5.54 Å². The summed E-state index contributed by atoms with van der Waals surface area (Å²) >= 11 is 1.89. The van der Waals surface area contributed by atoms with Crippen molar-refractivity contribution < 1.29 is 0 Å². The van der Waals surface area contributed by atoms with Crippen molar-refractivity contribution in [3.63, 3.8) is 0 Å². The van der Waals surface area contributed by atoms with Gasteiger partial charge in [0, 0.05) is 17.5 Å². The summed E-state index contributed by atoms with van der Waals surface area (Å²) in [5, 5.41) is 5.16. The minimum atomic E-state index is 0.0851. The van der Waals surface area contributed by atoms with Gasteiger partial charge in [-0.2, -0.15) is 0 Å². The van der Waals surface area contributed by atoms with E-state index in [4.69, 9.17) is 4.98 Å². The molecule has 0 aliphatic carbocycles. The zero-order valence-electron chi connectivity index (χ0n) is 13.6. The Balaban J connectivity index is 2.30. The van der Waals surface area contributed by atoms with Gasteiger partial charge >= 0.3 is 0 Å². The Bertz CT molecular complexity index is 421. The molecule has 0 spiro atoms. The SMILES string of the molecule is CCN1CCCC(NC(C)C)(c2nc(C)c(C)s2)CC1. The van der Waals surface area contributed by atoms with E-state index < -0.39 is 0 Å². The lowest BCUT2D eigenvalue weighted by Crippen LogP contribution is -2.46. The molecule has 1 unspecified atom stereocenters. The smallest absolute Gasteiger partial charge is 0.113 e. The molecule has 1 atom stereocenters. The zero-order chi connectivity index (χ0) is 14.8. The van der Waals surface area contributed by atoms with E-state index in [1.807, 2.05) is 11.3 Å². The Morgan fingerprint density at radius 2 is 2.05 bits per heavy atom. The van der Waals surface area contributed by atoms with Crippen molar-refractivity contribution in [3.8, 4) is 0 Å². The van der Waals surface area contributed by atoms with Crippen LogP contribution in [0.4, 0.5) is 0 Å². The number of nitrogens with zero attached hydrogens (tertiary/aromatic N) is 2. The Labute approximate surface area is 127 Å². The monoisotopic (exact) mass is 295 g/mol. The van der Waals surface area contributed by atoms with Crippen molar-refractivity contribution in [1.29, 1.82) is 0 Å². The molecule has 1 aromatic rings. The molecule has 3 nitrogen and oxygen atoms in total. The second-order valence-corrected chi connectivity index (χ2v) is 7.53. The maximum atomic E-state index is 4.89. The van der Waals surface area contributed by atoms with E-state index in [9.17, 15) is 0 Å². The van der Waals surface area contributed by atoms with E-state index >= 15 is 0 Å². The summed E-state index contributed by atoms with van der Waals surface area (Å²) in [7, 11) is 0. The van der Waals surface area contributed by atoms with Crippen molar-refractivity contribution in [1.82, 2.24) is 15.2 Å². The predicted molar refractivity (Wildman–Crippen MR) is 87.5 cm³/mol. The molecule has 0 saturated carbocycles. The Morgan fingerprint density at radius 3 is 2.60 bits per heavy atom. The number of nitrogens with one attached hydrogen (secondary N) is 1. The number of likely N-dealkylation sites (tertiary alicyclic amines) is 1. The van der Waals surface area contributed by atoms with E-state index in [1.54, 1.807) is 0 Å². The van der Waals surface area contributed by atoms with Gasteiger partial charge in [0.2, 0.25) is 0 Å². The van der Waals surface area contributed by atoms with Gasteiger partial charge in [-0.3, -0.25) is 0 Å². The highest BCUT2D eigenvalue weighted by molar-refractivity contribution is 7.11. The Kier molecular flexibility index (Phi) is 5.21. The summed E-state index contributed by atoms with van der Waals surface area (Å²) in [5.41, 5.74) is 1.29. The van der Waals surface area contributed by atoms with E-state index in [0.29, 0.717) is 6.04 Å². The summed E-state index contributed by atoms with van der Waals surface area (Å²) in [4.78, 5) is 8.82. The molecular weight excluding hydrogens is 266 g/mol. The molecular formula is C16H29N3S. The molecule has 0 radical (unpaired) electrons. The van der Waals surface area contributed by atoms with E-state index in [1.165, 1.54) is 47.9 Å². The van der Waals surface area contributed by atoms with Crippen molar-refractivity contribution >= 4 is 11.3 Å². The minimum Gasteiger partial charge on any atom is -0.304 e. The average molecular weight is 295 g/mol. The molecule has 20 heavy (non-hydrogen) atoms. The van der Waals surface area contributed by atoms with Gasteiger partial charge in [0.25, 0.3) is 0 Å². The topological polar surface area (TPSA) is 28.2 Å². The van der Waals surface area contributed by atoms with Crippen LogP contribution in [0.15, 0.2) is 0 Å². The maximum absolute atomic E-state index is 4.89. The van der Waals surface area contributed by atoms with Crippen LogP contribution in [0.2, 0.25) is 0 Å². The molecule has 0 aromatic carbocycles. The van der Waals surface area contributed by atoms with Gasteiger partial charge in [0.1, 0.15) is 5.01 Å². The highest BCUT2D eigenvalue weighted by atomic mass is 32.1. The molecule has 1 N–H and O–H groups in total. The van der Waals surface area contributed by atoms with Gasteiger partial charge in [-0.25, -0.2) is 4.98 Å². The number of aryl methyl sites for hydroxylation is 2. The third-order valence-corrected chi connectivity index (χ3v) is 5.66. The highest BCUT2D eigenvalue weighted by Crippen LogP contribution is 2.36. The molecule has 114 valence electrons. The lowest BCUT2D eigenvalue weighted by Gasteiger charge is -2.34. The van der Waals surface area contributed by atoms with E-state index in [2.05, 4.69) is 44.8 Å². The normalized spacial score (nSPS) is 25.1. The van der Waals surface area contributed by atoms with Gasteiger partial charge in [-0.1, -0.05) is 6.92 Å². The third kappa shape index (κ3) is 3.41. The van der Waals surface area contributed by atoms with Crippen LogP contribution in [-0.2, 0) is 5.54 Å². The predicted octanol–water partition coefficient (Wildman–Crippen LogP) is 3.46. The lowest BCUT2D eigenvalue weighted by molar-refractivity contribution is 0.250. The fourth-order valence-corrected chi connectivity index (χ4v) is 4.28. The van der Waals surface area contributed by atoms with Crippen LogP contribution in [0.3, 0.4) is 0 Å². The zero-order valence-corrected chi connectivity index (χ0v) is 14.4. The van der Waals surface area contributed by atoms with Gasteiger partial charge in [-0.05, 0) is 60.0 Å². The van der Waals surface area contributed by atoms with Gasteiger partial charge in [-0.15, -0.1) is 11.3 Å². The quantitative estimate of drug-likeness (QED) is 0.922. The largest absolute Gasteiger partial charge is 0.304 e. The fraction of sp³-hybridized carbons (Fsp3) is 0.812. The van der Waals surface area contributed by atoms with Crippen LogP contribution in [0, 0.1) is 13.8 Å². The number of thiazole rings is 1. The van der Waals surface area contributed by atoms with Crippen molar-refractivity contribution in [2.45, 2.75) is 65.5 Å².